The number of hydrogen-bond donors (Lipinski definition) is 2. The van der Waals surface area contributed by atoms with Gasteiger partial charge in [0.1, 0.15) is 0 Å². The number of nitrogens with one attached hydrogen (secondary N) is 1. The molecule has 3 unspecified atom stereocenters. The maximum atomic E-state index is 12.2. The molecule has 1 saturated heterocycles. The van der Waals surface area contributed by atoms with Crippen molar-refractivity contribution in [2.75, 3.05) is 19.6 Å². The average molecular weight is 376 g/mol. The summed E-state index contributed by atoms with van der Waals surface area (Å²) in [5, 5.41) is 3.09. The van der Waals surface area contributed by atoms with Crippen LogP contribution in [0.15, 0.2) is 24.3 Å². The van der Waals surface area contributed by atoms with Crippen molar-refractivity contribution in [1.29, 1.82) is 0 Å². The molecule has 1 aliphatic heterocycles. The van der Waals surface area contributed by atoms with E-state index in [4.69, 9.17) is 5.73 Å². The van der Waals surface area contributed by atoms with Crippen molar-refractivity contribution in [3.05, 3.63) is 35.4 Å². The van der Waals surface area contributed by atoms with E-state index in [1.54, 1.807) is 0 Å². The van der Waals surface area contributed by atoms with Crippen molar-refractivity contribution in [3.8, 4) is 0 Å². The Hall–Kier alpha value is -0.810. The Morgan fingerprint density at radius 3 is 2.21 bits per heavy atom. The van der Waals surface area contributed by atoms with Crippen molar-refractivity contribution < 1.29 is 4.79 Å². The lowest BCUT2D eigenvalue weighted by Crippen LogP contribution is -2.42. The molecular formula is C18H31Cl2N3O. The number of carbonyl (C=O) groups is 1. The fraction of sp³-hybridized carbons (Fsp3) is 0.611. The number of nitrogens with zero attached hydrogens (tertiary/aromatic N) is 1. The van der Waals surface area contributed by atoms with Gasteiger partial charge in [-0.15, -0.1) is 24.8 Å². The number of carbonyl (C=O) groups excluding carboxylic acids is 1. The molecule has 1 amide bonds. The van der Waals surface area contributed by atoms with E-state index in [2.05, 4.69) is 41.4 Å². The van der Waals surface area contributed by atoms with E-state index in [0.29, 0.717) is 6.54 Å². The smallest absolute Gasteiger partial charge is 0.224 e. The molecule has 0 bridgehead atoms. The van der Waals surface area contributed by atoms with Crippen molar-refractivity contribution in [1.82, 2.24) is 10.2 Å². The van der Waals surface area contributed by atoms with Crippen LogP contribution in [0.5, 0.6) is 0 Å². The molecule has 1 heterocycles. The van der Waals surface area contributed by atoms with E-state index in [0.717, 1.165) is 13.1 Å². The number of likely N-dealkylation sites (tertiary alicyclic amines) is 1. The summed E-state index contributed by atoms with van der Waals surface area (Å²) in [4.78, 5) is 14.7. The number of hydrogen-bond acceptors (Lipinski definition) is 3. The number of halogens is 2. The van der Waals surface area contributed by atoms with Crippen LogP contribution in [-0.2, 0) is 4.79 Å². The van der Waals surface area contributed by atoms with Gasteiger partial charge in [-0.05, 0) is 45.3 Å². The van der Waals surface area contributed by atoms with Crippen LogP contribution in [0.1, 0.15) is 43.9 Å². The van der Waals surface area contributed by atoms with Crippen LogP contribution in [0.4, 0.5) is 0 Å². The lowest BCUT2D eigenvalue weighted by atomic mass is 10.0. The van der Waals surface area contributed by atoms with Crippen LogP contribution in [0.25, 0.3) is 0 Å². The van der Waals surface area contributed by atoms with Gasteiger partial charge in [0.05, 0.1) is 6.04 Å². The summed E-state index contributed by atoms with van der Waals surface area (Å²) >= 11 is 0. The Bertz CT molecular complexity index is 488. The maximum absolute atomic E-state index is 12.2. The normalized spacial score (nSPS) is 18.0. The van der Waals surface area contributed by atoms with Crippen LogP contribution >= 0.6 is 24.8 Å². The van der Waals surface area contributed by atoms with E-state index in [-0.39, 0.29) is 48.7 Å². The molecule has 3 N–H and O–H groups in total. The minimum Gasteiger partial charge on any atom is -0.354 e. The number of aryl methyl sites for hydroxylation is 1. The predicted molar refractivity (Wildman–Crippen MR) is 105 cm³/mol. The summed E-state index contributed by atoms with van der Waals surface area (Å²) in [7, 11) is 0. The summed E-state index contributed by atoms with van der Waals surface area (Å²) in [5.74, 6) is -0.108. The number of benzene rings is 1. The molecule has 0 radical (unpaired) electrons. The van der Waals surface area contributed by atoms with Gasteiger partial charge >= 0.3 is 0 Å². The van der Waals surface area contributed by atoms with E-state index in [1.807, 2.05) is 13.8 Å². The fourth-order valence-corrected chi connectivity index (χ4v) is 2.90. The standard InChI is InChI=1S/C18H29N3O.2ClH/c1-13-6-8-16(9-7-13)17(21-10-4-5-11-21)12-20-18(22)14(2)15(3)19;;/h6-9,14-15,17H,4-5,10-12,19H2,1-3H3,(H,20,22);2*1H. The van der Waals surface area contributed by atoms with Crippen molar-refractivity contribution in [3.63, 3.8) is 0 Å². The van der Waals surface area contributed by atoms with Crippen LogP contribution in [0.2, 0.25) is 0 Å². The quantitative estimate of drug-likeness (QED) is 0.802. The van der Waals surface area contributed by atoms with Gasteiger partial charge in [-0.2, -0.15) is 0 Å². The topological polar surface area (TPSA) is 58.4 Å². The fourth-order valence-electron chi connectivity index (χ4n) is 2.90. The highest BCUT2D eigenvalue weighted by molar-refractivity contribution is 5.85. The van der Waals surface area contributed by atoms with Crippen LogP contribution in [0.3, 0.4) is 0 Å². The monoisotopic (exact) mass is 375 g/mol. The first-order valence-electron chi connectivity index (χ1n) is 8.33. The summed E-state index contributed by atoms with van der Waals surface area (Å²) in [6, 6.07) is 8.78. The SMILES string of the molecule is Cc1ccc(C(CNC(=O)C(C)C(C)N)N2CCCC2)cc1.Cl.Cl. The summed E-state index contributed by atoms with van der Waals surface area (Å²) in [5.41, 5.74) is 8.36. The minimum atomic E-state index is -0.155. The van der Waals surface area contributed by atoms with Crippen LogP contribution < -0.4 is 11.1 Å². The minimum absolute atomic E-state index is 0. The van der Waals surface area contributed by atoms with Gasteiger partial charge in [-0.3, -0.25) is 9.69 Å². The molecule has 0 spiro atoms. The summed E-state index contributed by atoms with van der Waals surface area (Å²) < 4.78 is 0. The Labute approximate surface area is 158 Å². The van der Waals surface area contributed by atoms with Crippen molar-refractivity contribution >= 4 is 30.7 Å². The maximum Gasteiger partial charge on any atom is 0.224 e. The van der Waals surface area contributed by atoms with Crippen molar-refractivity contribution in [2.45, 2.75) is 45.7 Å². The molecule has 24 heavy (non-hydrogen) atoms. The zero-order valence-corrected chi connectivity index (χ0v) is 16.5. The third-order valence-corrected chi connectivity index (χ3v) is 4.72. The average Bonchev–Trinajstić information content (AvgIpc) is 3.02. The Kier molecular flexibility index (Phi) is 10.6. The number of nitrogens with two attached hydrogens (primary N) is 1. The summed E-state index contributed by atoms with van der Waals surface area (Å²) in [6.07, 6.45) is 2.49. The second-order valence-electron chi connectivity index (χ2n) is 6.56. The molecule has 138 valence electrons. The zero-order valence-electron chi connectivity index (χ0n) is 14.8. The lowest BCUT2D eigenvalue weighted by molar-refractivity contribution is -0.125. The number of amides is 1. The third kappa shape index (κ3) is 6.25. The molecule has 2 rings (SSSR count). The second-order valence-corrected chi connectivity index (χ2v) is 6.56. The first kappa shape index (κ1) is 23.2. The highest BCUT2D eigenvalue weighted by Crippen LogP contribution is 2.25. The zero-order chi connectivity index (χ0) is 16.1. The van der Waals surface area contributed by atoms with E-state index in [1.165, 1.54) is 24.0 Å². The predicted octanol–water partition coefficient (Wildman–Crippen LogP) is 3.08. The first-order valence-corrected chi connectivity index (χ1v) is 8.33. The van der Waals surface area contributed by atoms with E-state index < -0.39 is 0 Å². The van der Waals surface area contributed by atoms with Gasteiger partial charge in [0.15, 0.2) is 0 Å². The Morgan fingerprint density at radius 1 is 1.17 bits per heavy atom. The summed E-state index contributed by atoms with van der Waals surface area (Å²) in [6.45, 7) is 8.73. The van der Waals surface area contributed by atoms with E-state index >= 15 is 0 Å². The van der Waals surface area contributed by atoms with E-state index in [9.17, 15) is 4.79 Å². The molecule has 0 aromatic heterocycles. The molecule has 0 saturated carbocycles. The highest BCUT2D eigenvalue weighted by Gasteiger charge is 2.25. The van der Waals surface area contributed by atoms with Gasteiger partial charge in [0, 0.05) is 18.5 Å². The highest BCUT2D eigenvalue weighted by atomic mass is 35.5. The molecular weight excluding hydrogens is 345 g/mol. The molecule has 1 aromatic carbocycles. The van der Waals surface area contributed by atoms with Crippen LogP contribution in [-0.4, -0.2) is 36.5 Å². The van der Waals surface area contributed by atoms with Gasteiger partial charge < -0.3 is 11.1 Å². The molecule has 0 aliphatic carbocycles. The first-order chi connectivity index (χ1) is 10.5. The number of rotatable bonds is 6. The van der Waals surface area contributed by atoms with Gasteiger partial charge in [-0.25, -0.2) is 0 Å². The van der Waals surface area contributed by atoms with Gasteiger partial charge in [0.25, 0.3) is 0 Å². The van der Waals surface area contributed by atoms with Gasteiger partial charge in [-0.1, -0.05) is 36.8 Å². The molecule has 1 aromatic rings. The Morgan fingerprint density at radius 2 is 1.71 bits per heavy atom. The second kappa shape index (κ2) is 10.9. The molecule has 1 aliphatic rings. The lowest BCUT2D eigenvalue weighted by Gasteiger charge is -2.29. The largest absolute Gasteiger partial charge is 0.354 e. The Balaban J connectivity index is 0.00000264. The van der Waals surface area contributed by atoms with Crippen LogP contribution in [0, 0.1) is 12.8 Å². The molecule has 4 nitrogen and oxygen atoms in total. The molecule has 6 heteroatoms. The van der Waals surface area contributed by atoms with Gasteiger partial charge in [0.2, 0.25) is 5.91 Å². The third-order valence-electron chi connectivity index (χ3n) is 4.72. The molecule has 1 fully saturated rings. The molecule has 3 atom stereocenters. The van der Waals surface area contributed by atoms with Crippen molar-refractivity contribution in [2.24, 2.45) is 11.7 Å².